The summed E-state index contributed by atoms with van der Waals surface area (Å²) in [7, 11) is 0. The molecule has 1 heterocycles. The van der Waals surface area contributed by atoms with E-state index in [1.165, 1.54) is 36.4 Å². The van der Waals surface area contributed by atoms with Crippen molar-refractivity contribution in [1.82, 2.24) is 0 Å². The summed E-state index contributed by atoms with van der Waals surface area (Å²) in [6.45, 7) is 2.00. The van der Waals surface area contributed by atoms with Crippen LogP contribution in [-0.4, -0.2) is 10.0 Å². The number of ether oxygens (including phenoxy) is 1. The molecule has 0 saturated heterocycles. The molecule has 3 rings (SSSR count). The summed E-state index contributed by atoms with van der Waals surface area (Å²) in [5.74, 6) is 0.521. The lowest BCUT2D eigenvalue weighted by atomic mass is 10.0. The summed E-state index contributed by atoms with van der Waals surface area (Å²) in [4.78, 5) is 21.9. The van der Waals surface area contributed by atoms with Crippen LogP contribution in [0.25, 0.3) is 11.0 Å². The van der Waals surface area contributed by atoms with Crippen molar-refractivity contribution in [3.63, 3.8) is 0 Å². The molecule has 0 aliphatic rings. The summed E-state index contributed by atoms with van der Waals surface area (Å²) >= 11 is 0. The van der Waals surface area contributed by atoms with E-state index in [2.05, 4.69) is 0 Å². The number of phenolic OH excluding ortho intramolecular Hbond substituents is 1. The number of rotatable bonds is 5. The third-order valence-electron chi connectivity index (χ3n) is 3.85. The molecule has 0 saturated carbocycles. The summed E-state index contributed by atoms with van der Waals surface area (Å²) in [6, 6.07) is 10.2. The highest BCUT2D eigenvalue weighted by Gasteiger charge is 2.11. The van der Waals surface area contributed by atoms with E-state index in [0.717, 1.165) is 5.56 Å². The van der Waals surface area contributed by atoms with Gasteiger partial charge in [0.05, 0.1) is 4.92 Å². The van der Waals surface area contributed by atoms with Crippen LogP contribution in [0.2, 0.25) is 0 Å². The number of aryl methyl sites for hydroxylation is 1. The predicted octanol–water partition coefficient (Wildman–Crippen LogP) is 3.55. The number of hydrogen-bond donors (Lipinski definition) is 1. The van der Waals surface area contributed by atoms with E-state index >= 15 is 0 Å². The van der Waals surface area contributed by atoms with Gasteiger partial charge >= 0.3 is 5.63 Å². The van der Waals surface area contributed by atoms with Crippen molar-refractivity contribution in [2.24, 2.45) is 0 Å². The molecule has 1 aromatic heterocycles. The Morgan fingerprint density at radius 2 is 1.88 bits per heavy atom. The molecule has 0 radical (unpaired) electrons. The van der Waals surface area contributed by atoms with E-state index in [4.69, 9.17) is 9.15 Å². The zero-order valence-electron chi connectivity index (χ0n) is 13.4. The Kier molecular flexibility index (Phi) is 4.38. The Hall–Kier alpha value is -3.35. The molecule has 1 N–H and O–H groups in total. The van der Waals surface area contributed by atoms with Gasteiger partial charge in [-0.25, -0.2) is 4.79 Å². The Morgan fingerprint density at radius 1 is 1.16 bits per heavy atom. The fourth-order valence-electron chi connectivity index (χ4n) is 2.53. The van der Waals surface area contributed by atoms with Crippen LogP contribution in [0.15, 0.2) is 51.7 Å². The van der Waals surface area contributed by atoms with Crippen molar-refractivity contribution >= 4 is 16.7 Å². The van der Waals surface area contributed by atoms with Gasteiger partial charge in [-0.3, -0.25) is 10.1 Å². The average molecular weight is 341 g/mol. The maximum atomic E-state index is 11.7. The van der Waals surface area contributed by atoms with Crippen molar-refractivity contribution in [1.29, 1.82) is 0 Å². The Labute approximate surface area is 142 Å². The summed E-state index contributed by atoms with van der Waals surface area (Å²) < 4.78 is 10.8. The molecule has 2 aromatic carbocycles. The van der Waals surface area contributed by atoms with E-state index < -0.39 is 10.5 Å². The summed E-state index contributed by atoms with van der Waals surface area (Å²) in [5.41, 5.74) is 1.06. The first-order valence-electron chi connectivity index (χ1n) is 7.64. The second-order valence-corrected chi connectivity index (χ2v) is 5.46. The zero-order valence-corrected chi connectivity index (χ0v) is 13.4. The van der Waals surface area contributed by atoms with E-state index in [0.29, 0.717) is 23.1 Å². The Morgan fingerprint density at radius 3 is 2.52 bits per heavy atom. The van der Waals surface area contributed by atoms with Gasteiger partial charge in [0.15, 0.2) is 0 Å². The highest BCUT2D eigenvalue weighted by molar-refractivity contribution is 5.82. The largest absolute Gasteiger partial charge is 0.508 e. The SMILES string of the molecule is CCc1cc2c(COc3ccc([N+](=O)[O-])cc3)cc(=O)oc2cc1O. The van der Waals surface area contributed by atoms with Crippen molar-refractivity contribution in [3.05, 3.63) is 74.1 Å². The minimum atomic E-state index is -0.543. The lowest BCUT2D eigenvalue weighted by Crippen LogP contribution is -2.04. The Bertz CT molecular complexity index is 991. The normalized spacial score (nSPS) is 10.8. The number of non-ortho nitro benzene ring substituents is 1. The second-order valence-electron chi connectivity index (χ2n) is 5.46. The molecule has 0 aliphatic heterocycles. The first-order chi connectivity index (χ1) is 12.0. The molecule has 25 heavy (non-hydrogen) atoms. The third kappa shape index (κ3) is 3.45. The van der Waals surface area contributed by atoms with Crippen molar-refractivity contribution in [2.75, 3.05) is 0 Å². The first-order valence-corrected chi connectivity index (χ1v) is 7.64. The number of phenols is 1. The summed E-state index contributed by atoms with van der Waals surface area (Å²) in [5, 5.41) is 21.3. The fraction of sp³-hybridized carbons (Fsp3) is 0.167. The number of aromatic hydroxyl groups is 1. The lowest BCUT2D eigenvalue weighted by Gasteiger charge is -2.10. The van der Waals surface area contributed by atoms with Crippen LogP contribution in [0.1, 0.15) is 18.1 Å². The number of nitro groups is 1. The molecule has 7 heteroatoms. The van der Waals surface area contributed by atoms with Gasteiger partial charge in [-0.05, 0) is 30.2 Å². The topological polar surface area (TPSA) is 103 Å². The first kappa shape index (κ1) is 16.5. The van der Waals surface area contributed by atoms with Gasteiger partial charge in [0.25, 0.3) is 5.69 Å². The molecule has 0 fully saturated rings. The number of fused-ring (bicyclic) bond motifs is 1. The third-order valence-corrected chi connectivity index (χ3v) is 3.85. The van der Waals surface area contributed by atoms with E-state index in [1.54, 1.807) is 6.07 Å². The monoisotopic (exact) mass is 341 g/mol. The smallest absolute Gasteiger partial charge is 0.336 e. The standard InChI is InChI=1S/C18H15NO6/c1-2-11-7-15-12(8-18(21)25-17(15)9-16(11)20)10-24-14-5-3-13(4-6-14)19(22)23/h3-9,20H,2,10H2,1H3. The quantitative estimate of drug-likeness (QED) is 0.432. The van der Waals surface area contributed by atoms with Gasteiger partial charge in [0.1, 0.15) is 23.7 Å². The maximum absolute atomic E-state index is 11.7. The van der Waals surface area contributed by atoms with Gasteiger partial charge < -0.3 is 14.3 Å². The molecule has 0 aliphatic carbocycles. The number of benzene rings is 2. The molecule has 0 amide bonds. The molecular formula is C18H15NO6. The molecule has 0 bridgehead atoms. The molecule has 0 unspecified atom stereocenters. The van der Waals surface area contributed by atoms with Crippen LogP contribution in [-0.2, 0) is 13.0 Å². The van der Waals surface area contributed by atoms with Crippen molar-refractivity contribution < 1.29 is 19.2 Å². The average Bonchev–Trinajstić information content (AvgIpc) is 2.59. The molecule has 3 aromatic rings. The van der Waals surface area contributed by atoms with E-state index in [1.807, 2.05) is 6.92 Å². The Balaban J connectivity index is 1.92. The highest BCUT2D eigenvalue weighted by atomic mass is 16.6. The van der Waals surface area contributed by atoms with Gasteiger partial charge in [-0.1, -0.05) is 6.92 Å². The summed E-state index contributed by atoms with van der Waals surface area (Å²) in [6.07, 6.45) is 0.629. The van der Waals surface area contributed by atoms with Gasteiger partial charge in [-0.2, -0.15) is 0 Å². The molecule has 0 spiro atoms. The van der Waals surface area contributed by atoms with Gasteiger partial charge in [-0.15, -0.1) is 0 Å². The van der Waals surface area contributed by atoms with Crippen LogP contribution in [0, 0.1) is 10.1 Å². The van der Waals surface area contributed by atoms with Crippen LogP contribution in [0.5, 0.6) is 11.5 Å². The minimum Gasteiger partial charge on any atom is -0.508 e. The highest BCUT2D eigenvalue weighted by Crippen LogP contribution is 2.27. The molecule has 7 nitrogen and oxygen atoms in total. The van der Waals surface area contributed by atoms with Gasteiger partial charge in [0, 0.05) is 35.2 Å². The predicted molar refractivity (Wildman–Crippen MR) is 91.0 cm³/mol. The second kappa shape index (κ2) is 6.64. The molecular weight excluding hydrogens is 326 g/mol. The number of nitro benzene ring substituents is 1. The van der Waals surface area contributed by atoms with Crippen LogP contribution >= 0.6 is 0 Å². The van der Waals surface area contributed by atoms with Crippen molar-refractivity contribution in [3.8, 4) is 11.5 Å². The van der Waals surface area contributed by atoms with E-state index in [9.17, 15) is 20.0 Å². The van der Waals surface area contributed by atoms with Crippen molar-refractivity contribution in [2.45, 2.75) is 20.0 Å². The zero-order chi connectivity index (χ0) is 18.0. The fourth-order valence-corrected chi connectivity index (χ4v) is 2.53. The maximum Gasteiger partial charge on any atom is 0.336 e. The minimum absolute atomic E-state index is 0.0266. The number of nitrogens with zero attached hydrogens (tertiary/aromatic N) is 1. The van der Waals surface area contributed by atoms with Crippen LogP contribution < -0.4 is 10.4 Å². The van der Waals surface area contributed by atoms with E-state index in [-0.39, 0.29) is 23.6 Å². The molecule has 0 atom stereocenters. The van der Waals surface area contributed by atoms with Crippen LogP contribution in [0.3, 0.4) is 0 Å². The van der Waals surface area contributed by atoms with Gasteiger partial charge in [0.2, 0.25) is 0 Å². The molecule has 128 valence electrons. The van der Waals surface area contributed by atoms with Crippen LogP contribution in [0.4, 0.5) is 5.69 Å². The number of hydrogen-bond acceptors (Lipinski definition) is 6. The lowest BCUT2D eigenvalue weighted by molar-refractivity contribution is -0.384.